The zero-order valence-corrected chi connectivity index (χ0v) is 14.4. The van der Waals surface area contributed by atoms with E-state index in [9.17, 15) is 0 Å². The summed E-state index contributed by atoms with van der Waals surface area (Å²) in [7, 11) is 1.81. The van der Waals surface area contributed by atoms with Gasteiger partial charge in [0.15, 0.2) is 5.11 Å². The Morgan fingerprint density at radius 2 is 1.87 bits per heavy atom. The molecule has 0 atom stereocenters. The van der Waals surface area contributed by atoms with Crippen LogP contribution in [0.2, 0.25) is 0 Å². The maximum Gasteiger partial charge on any atom is 0.170 e. The van der Waals surface area contributed by atoms with Crippen LogP contribution in [0.1, 0.15) is 17.0 Å². The normalized spacial score (nSPS) is 10.7. The van der Waals surface area contributed by atoms with Gasteiger partial charge in [-0.05, 0) is 42.4 Å². The lowest BCUT2D eigenvalue weighted by Gasteiger charge is -2.10. The predicted octanol–water partition coefficient (Wildman–Crippen LogP) is 3.62. The molecule has 0 saturated carbocycles. The monoisotopic (exact) mass is 324 g/mol. The fourth-order valence-electron chi connectivity index (χ4n) is 2.80. The van der Waals surface area contributed by atoms with Gasteiger partial charge in [0.2, 0.25) is 0 Å². The lowest BCUT2D eigenvalue weighted by Crippen LogP contribution is -2.24. The summed E-state index contributed by atoms with van der Waals surface area (Å²) in [4.78, 5) is 0. The molecule has 1 heterocycles. The molecule has 0 unspecified atom stereocenters. The van der Waals surface area contributed by atoms with Crippen LogP contribution in [0.5, 0.6) is 0 Å². The van der Waals surface area contributed by atoms with Crippen LogP contribution in [0.3, 0.4) is 0 Å². The first kappa shape index (κ1) is 15.5. The molecule has 0 aliphatic heterocycles. The second-order valence-electron chi connectivity index (χ2n) is 5.55. The van der Waals surface area contributed by atoms with Crippen molar-refractivity contribution in [1.82, 2.24) is 15.1 Å². The predicted molar refractivity (Wildman–Crippen MR) is 100 cm³/mol. The number of aromatic nitrogens is 2. The topological polar surface area (TPSA) is 41.9 Å². The van der Waals surface area contributed by atoms with Crippen molar-refractivity contribution in [3.63, 3.8) is 0 Å². The first-order chi connectivity index (χ1) is 11.1. The minimum Gasteiger partial charge on any atom is -0.366 e. The molecule has 0 fully saturated rings. The van der Waals surface area contributed by atoms with Gasteiger partial charge in [-0.3, -0.25) is 4.68 Å². The molecular weight excluding hydrogens is 304 g/mol. The van der Waals surface area contributed by atoms with Crippen molar-refractivity contribution in [3.05, 3.63) is 59.4 Å². The Labute approximate surface area is 141 Å². The van der Waals surface area contributed by atoms with E-state index in [1.165, 1.54) is 16.3 Å². The number of fused-ring (bicyclic) bond motifs is 1. The molecule has 0 spiro atoms. The lowest BCUT2D eigenvalue weighted by atomic mass is 10.0. The summed E-state index contributed by atoms with van der Waals surface area (Å²) in [5, 5.41) is 13.9. The van der Waals surface area contributed by atoms with E-state index in [4.69, 9.17) is 12.2 Å². The standard InChI is InChI=1S/C18H20N4S/c1-12-17(20-18(23)19-3)13(2)22(21-12)11-15-9-6-8-14-7-4-5-10-16(14)15/h4-10H,11H2,1-3H3,(H2,19,20,23). The first-order valence-corrected chi connectivity index (χ1v) is 8.00. The Hall–Kier alpha value is -2.40. The number of hydrogen-bond acceptors (Lipinski definition) is 2. The van der Waals surface area contributed by atoms with Gasteiger partial charge in [0.1, 0.15) is 0 Å². The van der Waals surface area contributed by atoms with Gasteiger partial charge in [0.25, 0.3) is 0 Å². The third-order valence-electron chi connectivity index (χ3n) is 4.05. The van der Waals surface area contributed by atoms with E-state index in [0.29, 0.717) is 5.11 Å². The Kier molecular flexibility index (Phi) is 4.30. The van der Waals surface area contributed by atoms with E-state index < -0.39 is 0 Å². The van der Waals surface area contributed by atoms with Gasteiger partial charge in [0.05, 0.1) is 23.6 Å². The molecule has 118 valence electrons. The molecule has 3 aromatic rings. The van der Waals surface area contributed by atoms with Crippen molar-refractivity contribution in [1.29, 1.82) is 0 Å². The van der Waals surface area contributed by atoms with E-state index in [0.717, 1.165) is 23.6 Å². The van der Waals surface area contributed by atoms with Crippen LogP contribution in [0.15, 0.2) is 42.5 Å². The molecule has 0 bridgehead atoms. The summed E-state index contributed by atoms with van der Waals surface area (Å²) in [6.07, 6.45) is 0. The molecule has 2 aromatic carbocycles. The number of aryl methyl sites for hydroxylation is 1. The largest absolute Gasteiger partial charge is 0.366 e. The average Bonchev–Trinajstić information content (AvgIpc) is 2.82. The second-order valence-corrected chi connectivity index (χ2v) is 5.95. The van der Waals surface area contributed by atoms with Crippen molar-refractivity contribution in [2.45, 2.75) is 20.4 Å². The van der Waals surface area contributed by atoms with Crippen LogP contribution in [-0.2, 0) is 6.54 Å². The van der Waals surface area contributed by atoms with Crippen molar-refractivity contribution >= 4 is 33.8 Å². The van der Waals surface area contributed by atoms with Crippen molar-refractivity contribution in [2.24, 2.45) is 0 Å². The highest BCUT2D eigenvalue weighted by molar-refractivity contribution is 7.80. The summed E-state index contributed by atoms with van der Waals surface area (Å²) < 4.78 is 2.03. The molecule has 0 aliphatic carbocycles. The van der Waals surface area contributed by atoms with Crippen LogP contribution < -0.4 is 10.6 Å². The molecule has 0 amide bonds. The van der Waals surface area contributed by atoms with E-state index >= 15 is 0 Å². The number of benzene rings is 2. The maximum atomic E-state index is 5.20. The molecule has 23 heavy (non-hydrogen) atoms. The molecule has 4 nitrogen and oxygen atoms in total. The van der Waals surface area contributed by atoms with Gasteiger partial charge < -0.3 is 10.6 Å². The summed E-state index contributed by atoms with van der Waals surface area (Å²) in [5.41, 5.74) is 4.26. The molecule has 0 aliphatic rings. The van der Waals surface area contributed by atoms with Crippen molar-refractivity contribution in [2.75, 3.05) is 12.4 Å². The Morgan fingerprint density at radius 3 is 2.65 bits per heavy atom. The number of rotatable bonds is 3. The summed E-state index contributed by atoms with van der Waals surface area (Å²) >= 11 is 5.20. The molecular formula is C18H20N4S. The van der Waals surface area contributed by atoms with Crippen LogP contribution in [-0.4, -0.2) is 21.9 Å². The Bertz CT molecular complexity index is 861. The minimum absolute atomic E-state index is 0.598. The zero-order chi connectivity index (χ0) is 16.4. The molecule has 0 radical (unpaired) electrons. The number of thiocarbonyl (C=S) groups is 1. The summed E-state index contributed by atoms with van der Waals surface area (Å²) in [6.45, 7) is 4.79. The number of nitrogens with zero attached hydrogens (tertiary/aromatic N) is 2. The smallest absolute Gasteiger partial charge is 0.170 e. The van der Waals surface area contributed by atoms with Crippen molar-refractivity contribution in [3.8, 4) is 0 Å². The Balaban J connectivity index is 1.97. The Morgan fingerprint density at radius 1 is 1.13 bits per heavy atom. The molecule has 2 N–H and O–H groups in total. The third kappa shape index (κ3) is 3.05. The summed E-state index contributed by atoms with van der Waals surface area (Å²) in [5.74, 6) is 0. The second kappa shape index (κ2) is 6.38. The lowest BCUT2D eigenvalue weighted by molar-refractivity contribution is 0.662. The van der Waals surface area contributed by atoms with E-state index in [2.05, 4.69) is 65.1 Å². The molecule has 1 aromatic heterocycles. The van der Waals surface area contributed by atoms with E-state index in [1.54, 1.807) is 7.05 Å². The zero-order valence-electron chi connectivity index (χ0n) is 13.6. The SMILES string of the molecule is CNC(=S)Nc1c(C)nn(Cc2cccc3ccccc23)c1C. The number of hydrogen-bond donors (Lipinski definition) is 2. The number of anilines is 1. The van der Waals surface area contributed by atoms with Gasteiger partial charge >= 0.3 is 0 Å². The quantitative estimate of drug-likeness (QED) is 0.722. The van der Waals surface area contributed by atoms with Gasteiger partial charge in [-0.15, -0.1) is 0 Å². The fourth-order valence-corrected chi connectivity index (χ4v) is 2.90. The van der Waals surface area contributed by atoms with Gasteiger partial charge in [-0.1, -0.05) is 42.5 Å². The van der Waals surface area contributed by atoms with E-state index in [-0.39, 0.29) is 0 Å². The van der Waals surface area contributed by atoms with Crippen molar-refractivity contribution < 1.29 is 0 Å². The number of nitrogens with one attached hydrogen (secondary N) is 2. The molecule has 0 saturated heterocycles. The van der Waals surface area contributed by atoms with Gasteiger partial charge in [0, 0.05) is 7.05 Å². The van der Waals surface area contributed by atoms with Crippen LogP contribution >= 0.6 is 12.2 Å². The summed E-state index contributed by atoms with van der Waals surface area (Å²) in [6, 6.07) is 14.8. The molecule has 5 heteroatoms. The third-order valence-corrected chi connectivity index (χ3v) is 4.35. The van der Waals surface area contributed by atoms with E-state index in [1.807, 2.05) is 11.6 Å². The van der Waals surface area contributed by atoms with Gasteiger partial charge in [-0.25, -0.2) is 0 Å². The first-order valence-electron chi connectivity index (χ1n) is 7.59. The average molecular weight is 324 g/mol. The highest BCUT2D eigenvalue weighted by Gasteiger charge is 2.13. The maximum absolute atomic E-state index is 5.20. The minimum atomic E-state index is 0.598. The highest BCUT2D eigenvalue weighted by atomic mass is 32.1. The fraction of sp³-hybridized carbons (Fsp3) is 0.222. The molecule has 3 rings (SSSR count). The highest BCUT2D eigenvalue weighted by Crippen LogP contribution is 2.23. The van der Waals surface area contributed by atoms with Gasteiger partial charge in [-0.2, -0.15) is 5.10 Å². The van der Waals surface area contributed by atoms with Crippen LogP contribution in [0, 0.1) is 13.8 Å². The van der Waals surface area contributed by atoms with Crippen LogP contribution in [0.4, 0.5) is 5.69 Å². The van der Waals surface area contributed by atoms with Crippen LogP contribution in [0.25, 0.3) is 10.8 Å².